The maximum atomic E-state index is 5.95. The van der Waals surface area contributed by atoms with Crippen LogP contribution in [0.25, 0.3) is 5.69 Å². The van der Waals surface area contributed by atoms with Crippen molar-refractivity contribution in [3.05, 3.63) is 48.3 Å². The van der Waals surface area contributed by atoms with Crippen LogP contribution in [0.5, 0.6) is 0 Å². The van der Waals surface area contributed by atoms with E-state index in [9.17, 15) is 0 Å². The van der Waals surface area contributed by atoms with Gasteiger partial charge in [0, 0.05) is 25.3 Å². The van der Waals surface area contributed by atoms with Crippen molar-refractivity contribution in [3.63, 3.8) is 0 Å². The Bertz CT molecular complexity index is 756. The van der Waals surface area contributed by atoms with Crippen LogP contribution < -0.4 is 5.32 Å². The molecule has 3 heterocycles. The molecule has 1 aliphatic heterocycles. The summed E-state index contributed by atoms with van der Waals surface area (Å²) in [5.74, 6) is 0.968. The van der Waals surface area contributed by atoms with Crippen LogP contribution in [0.1, 0.15) is 24.6 Å². The highest BCUT2D eigenvalue weighted by atomic mass is 16.5. The Balaban J connectivity index is 1.48. The Morgan fingerprint density at radius 2 is 2.17 bits per heavy atom. The molecule has 0 unspecified atom stereocenters. The number of ether oxygens (including phenoxy) is 1. The maximum Gasteiger partial charge on any atom is 0.247 e. The van der Waals surface area contributed by atoms with Crippen LogP contribution in [0.2, 0.25) is 0 Å². The molecule has 1 saturated heterocycles. The minimum Gasteiger partial charge on any atom is -0.372 e. The standard InChI is InChI=1S/C16H19N7O/c1-2-6-13(7-3-1)23-16(20-21-22-23)17-11-12-5-4-10-24-15(12)14-8-9-18-19-14/h1-3,6-9,12,15H,4-5,10-11H2,(H,18,19)(H,17,20,22)/t12-,15+/m0/s1. The molecular formula is C16H19N7O. The number of tetrazole rings is 1. The predicted molar refractivity (Wildman–Crippen MR) is 87.6 cm³/mol. The van der Waals surface area contributed by atoms with E-state index in [1.54, 1.807) is 10.9 Å². The second-order valence-corrected chi connectivity index (χ2v) is 5.84. The molecule has 0 saturated carbocycles. The van der Waals surface area contributed by atoms with Crippen molar-refractivity contribution < 1.29 is 4.74 Å². The topological polar surface area (TPSA) is 93.5 Å². The molecule has 1 fully saturated rings. The van der Waals surface area contributed by atoms with E-state index in [0.717, 1.165) is 37.4 Å². The number of hydrogen-bond donors (Lipinski definition) is 2. The molecule has 2 aromatic heterocycles. The summed E-state index contributed by atoms with van der Waals surface area (Å²) in [7, 11) is 0. The van der Waals surface area contributed by atoms with Gasteiger partial charge in [-0.25, -0.2) is 0 Å². The molecule has 124 valence electrons. The fourth-order valence-corrected chi connectivity index (χ4v) is 3.08. The molecule has 0 amide bonds. The zero-order valence-corrected chi connectivity index (χ0v) is 13.2. The summed E-state index contributed by atoms with van der Waals surface area (Å²) < 4.78 is 7.65. The average Bonchev–Trinajstić information content (AvgIpc) is 3.33. The Hall–Kier alpha value is -2.74. The van der Waals surface area contributed by atoms with Gasteiger partial charge in [-0.05, 0) is 41.5 Å². The van der Waals surface area contributed by atoms with E-state index in [2.05, 4.69) is 31.0 Å². The molecule has 1 aromatic carbocycles. The summed E-state index contributed by atoms with van der Waals surface area (Å²) in [5, 5.41) is 22.4. The van der Waals surface area contributed by atoms with Crippen molar-refractivity contribution in [1.29, 1.82) is 0 Å². The zero-order valence-electron chi connectivity index (χ0n) is 13.2. The summed E-state index contributed by atoms with van der Waals surface area (Å²) in [4.78, 5) is 0. The SMILES string of the molecule is c1ccc(-n2nnnc2NC[C@@H]2CCCO[C@H]2c2ccn[nH]2)cc1. The molecule has 0 radical (unpaired) electrons. The summed E-state index contributed by atoms with van der Waals surface area (Å²) >= 11 is 0. The van der Waals surface area contributed by atoms with E-state index in [4.69, 9.17) is 4.74 Å². The van der Waals surface area contributed by atoms with E-state index in [-0.39, 0.29) is 6.10 Å². The first kappa shape index (κ1) is 14.8. The van der Waals surface area contributed by atoms with Crippen molar-refractivity contribution in [2.45, 2.75) is 18.9 Å². The highest BCUT2D eigenvalue weighted by Crippen LogP contribution is 2.32. The number of aromatic amines is 1. The number of nitrogens with one attached hydrogen (secondary N) is 2. The monoisotopic (exact) mass is 325 g/mol. The number of aromatic nitrogens is 6. The first-order chi connectivity index (χ1) is 11.9. The van der Waals surface area contributed by atoms with Gasteiger partial charge in [-0.15, -0.1) is 0 Å². The van der Waals surface area contributed by atoms with Gasteiger partial charge in [0.2, 0.25) is 5.95 Å². The van der Waals surface area contributed by atoms with Gasteiger partial charge in [-0.2, -0.15) is 9.78 Å². The van der Waals surface area contributed by atoms with E-state index < -0.39 is 0 Å². The highest BCUT2D eigenvalue weighted by molar-refractivity contribution is 5.38. The second kappa shape index (κ2) is 6.79. The third-order valence-corrected chi connectivity index (χ3v) is 4.27. The first-order valence-corrected chi connectivity index (χ1v) is 8.10. The summed E-state index contributed by atoms with van der Waals surface area (Å²) in [6, 6.07) is 11.8. The van der Waals surface area contributed by atoms with Crippen LogP contribution >= 0.6 is 0 Å². The Labute approximate surface area is 139 Å². The molecule has 8 nitrogen and oxygen atoms in total. The van der Waals surface area contributed by atoms with Gasteiger partial charge < -0.3 is 10.1 Å². The molecule has 3 aromatic rings. The lowest BCUT2D eigenvalue weighted by molar-refractivity contribution is -0.0264. The van der Waals surface area contributed by atoms with Crippen molar-refractivity contribution in [2.75, 3.05) is 18.5 Å². The quantitative estimate of drug-likeness (QED) is 0.745. The average molecular weight is 325 g/mol. The molecule has 8 heteroatoms. The molecule has 24 heavy (non-hydrogen) atoms. The van der Waals surface area contributed by atoms with Gasteiger partial charge in [0.15, 0.2) is 0 Å². The molecule has 4 rings (SSSR count). The normalized spacial score (nSPS) is 20.8. The number of nitrogens with zero attached hydrogens (tertiary/aromatic N) is 5. The van der Waals surface area contributed by atoms with Crippen LogP contribution in [0.15, 0.2) is 42.6 Å². The van der Waals surface area contributed by atoms with E-state index in [0.29, 0.717) is 11.9 Å². The van der Waals surface area contributed by atoms with Crippen molar-refractivity contribution in [3.8, 4) is 5.69 Å². The predicted octanol–water partition coefficient (Wildman–Crippen LogP) is 1.97. The van der Waals surface area contributed by atoms with Gasteiger partial charge in [0.05, 0.1) is 11.4 Å². The fraction of sp³-hybridized carbons (Fsp3) is 0.375. The Morgan fingerprint density at radius 3 is 3.00 bits per heavy atom. The number of para-hydroxylation sites is 1. The lowest BCUT2D eigenvalue weighted by atomic mass is 9.92. The van der Waals surface area contributed by atoms with Crippen LogP contribution in [0, 0.1) is 5.92 Å². The van der Waals surface area contributed by atoms with E-state index in [1.165, 1.54) is 0 Å². The number of rotatable bonds is 5. The van der Waals surface area contributed by atoms with Gasteiger partial charge >= 0.3 is 0 Å². The van der Waals surface area contributed by atoms with Gasteiger partial charge in [-0.1, -0.05) is 23.3 Å². The fourth-order valence-electron chi connectivity index (χ4n) is 3.08. The maximum absolute atomic E-state index is 5.95. The molecule has 0 aliphatic carbocycles. The van der Waals surface area contributed by atoms with Gasteiger partial charge in [0.1, 0.15) is 6.10 Å². The molecule has 0 bridgehead atoms. The molecule has 0 spiro atoms. The van der Waals surface area contributed by atoms with Crippen molar-refractivity contribution in [2.24, 2.45) is 5.92 Å². The number of anilines is 1. The molecule has 2 atom stereocenters. The second-order valence-electron chi connectivity index (χ2n) is 5.84. The number of benzene rings is 1. The smallest absolute Gasteiger partial charge is 0.247 e. The van der Waals surface area contributed by atoms with Crippen LogP contribution in [-0.2, 0) is 4.74 Å². The van der Waals surface area contributed by atoms with E-state index in [1.807, 2.05) is 36.4 Å². The van der Waals surface area contributed by atoms with E-state index >= 15 is 0 Å². The summed E-state index contributed by atoms with van der Waals surface area (Å²) in [6.07, 6.45) is 3.92. The van der Waals surface area contributed by atoms with Gasteiger partial charge in [0.25, 0.3) is 0 Å². The lowest BCUT2D eigenvalue weighted by Gasteiger charge is -2.31. The first-order valence-electron chi connectivity index (χ1n) is 8.10. The Kier molecular flexibility index (Phi) is 4.20. The molecular weight excluding hydrogens is 306 g/mol. The molecule has 1 aliphatic rings. The minimum atomic E-state index is 0.0230. The third-order valence-electron chi connectivity index (χ3n) is 4.27. The number of H-pyrrole nitrogens is 1. The molecule has 2 N–H and O–H groups in total. The van der Waals surface area contributed by atoms with Gasteiger partial charge in [-0.3, -0.25) is 5.10 Å². The summed E-state index contributed by atoms with van der Waals surface area (Å²) in [6.45, 7) is 1.51. The third kappa shape index (κ3) is 3.00. The number of hydrogen-bond acceptors (Lipinski definition) is 6. The van der Waals surface area contributed by atoms with Crippen LogP contribution in [0.3, 0.4) is 0 Å². The van der Waals surface area contributed by atoms with Crippen molar-refractivity contribution >= 4 is 5.95 Å². The Morgan fingerprint density at radius 1 is 1.25 bits per heavy atom. The summed E-state index contributed by atoms with van der Waals surface area (Å²) in [5.41, 5.74) is 1.94. The largest absolute Gasteiger partial charge is 0.372 e. The lowest BCUT2D eigenvalue weighted by Crippen LogP contribution is -2.29. The zero-order chi connectivity index (χ0) is 16.2. The van der Waals surface area contributed by atoms with Crippen LogP contribution in [-0.4, -0.2) is 43.6 Å². The minimum absolute atomic E-state index is 0.0230. The van der Waals surface area contributed by atoms with Crippen molar-refractivity contribution in [1.82, 2.24) is 30.4 Å². The highest BCUT2D eigenvalue weighted by Gasteiger charge is 2.28. The van der Waals surface area contributed by atoms with Crippen LogP contribution in [0.4, 0.5) is 5.95 Å².